The van der Waals surface area contributed by atoms with Crippen LogP contribution in [-0.4, -0.2) is 49.4 Å². The summed E-state index contributed by atoms with van der Waals surface area (Å²) in [7, 11) is 0. The van der Waals surface area contributed by atoms with Crippen LogP contribution in [0.3, 0.4) is 0 Å². The number of hydrogen-bond acceptors (Lipinski definition) is 3. The summed E-state index contributed by atoms with van der Waals surface area (Å²) in [6.07, 6.45) is 5.61. The normalized spacial score (nSPS) is 25.9. The Balaban J connectivity index is 1.69. The molecule has 0 aliphatic carbocycles. The van der Waals surface area contributed by atoms with Crippen molar-refractivity contribution in [2.24, 2.45) is 11.8 Å². The van der Waals surface area contributed by atoms with Gasteiger partial charge >= 0.3 is 0 Å². The topological polar surface area (TPSA) is 61.4 Å². The molecule has 5 nitrogen and oxygen atoms in total. The number of carbonyl (C=O) groups is 2. The van der Waals surface area contributed by atoms with E-state index in [0.717, 1.165) is 51.9 Å². The molecular formula is C16H29N3O2. The largest absolute Gasteiger partial charge is 0.356 e. The monoisotopic (exact) mass is 295 g/mol. The van der Waals surface area contributed by atoms with E-state index in [4.69, 9.17) is 0 Å². The minimum absolute atomic E-state index is 0.0127. The highest BCUT2D eigenvalue weighted by Crippen LogP contribution is 2.18. The van der Waals surface area contributed by atoms with E-state index < -0.39 is 0 Å². The number of likely N-dealkylation sites (tertiary alicyclic amines) is 1. The van der Waals surface area contributed by atoms with E-state index in [2.05, 4.69) is 10.6 Å². The molecule has 2 aliphatic rings. The maximum absolute atomic E-state index is 12.2. The average Bonchev–Trinajstić information content (AvgIpc) is 3.01. The quantitative estimate of drug-likeness (QED) is 0.772. The van der Waals surface area contributed by atoms with Crippen molar-refractivity contribution in [3.8, 4) is 0 Å². The third-order valence-corrected chi connectivity index (χ3v) is 4.62. The Kier molecular flexibility index (Phi) is 6.49. The van der Waals surface area contributed by atoms with Crippen molar-refractivity contribution < 1.29 is 9.59 Å². The Hall–Kier alpha value is -1.10. The summed E-state index contributed by atoms with van der Waals surface area (Å²) >= 11 is 0. The van der Waals surface area contributed by atoms with Gasteiger partial charge in [-0.3, -0.25) is 9.59 Å². The molecule has 2 atom stereocenters. The Labute approximate surface area is 127 Å². The van der Waals surface area contributed by atoms with Crippen LogP contribution in [0.5, 0.6) is 0 Å². The molecule has 2 amide bonds. The molecule has 0 bridgehead atoms. The predicted molar refractivity (Wildman–Crippen MR) is 82.8 cm³/mol. The third-order valence-electron chi connectivity index (χ3n) is 4.62. The molecule has 0 spiro atoms. The van der Waals surface area contributed by atoms with Crippen LogP contribution >= 0.6 is 0 Å². The van der Waals surface area contributed by atoms with Crippen LogP contribution in [0.2, 0.25) is 0 Å². The number of nitrogens with one attached hydrogen (secondary N) is 2. The van der Waals surface area contributed by atoms with E-state index in [1.54, 1.807) is 0 Å². The second-order valence-electron chi connectivity index (χ2n) is 6.37. The first-order valence-corrected chi connectivity index (χ1v) is 8.47. The van der Waals surface area contributed by atoms with Crippen molar-refractivity contribution in [1.82, 2.24) is 15.5 Å². The van der Waals surface area contributed by atoms with Crippen molar-refractivity contribution in [2.75, 3.05) is 32.7 Å². The number of carbonyl (C=O) groups excluding carboxylic acids is 2. The number of rotatable bonds is 6. The smallest absolute Gasteiger partial charge is 0.224 e. The van der Waals surface area contributed by atoms with Crippen LogP contribution in [0.1, 0.15) is 45.4 Å². The van der Waals surface area contributed by atoms with Gasteiger partial charge in [-0.05, 0) is 51.1 Å². The Morgan fingerprint density at radius 1 is 1.33 bits per heavy atom. The van der Waals surface area contributed by atoms with E-state index in [0.29, 0.717) is 18.9 Å². The zero-order valence-electron chi connectivity index (χ0n) is 13.2. The lowest BCUT2D eigenvalue weighted by Gasteiger charge is -2.32. The predicted octanol–water partition coefficient (Wildman–Crippen LogP) is 1.14. The summed E-state index contributed by atoms with van der Waals surface area (Å²) in [6.45, 7) is 6.40. The first kappa shape index (κ1) is 16.3. The third kappa shape index (κ3) is 4.99. The molecule has 2 aliphatic heterocycles. The molecule has 2 fully saturated rings. The maximum atomic E-state index is 12.2. The Bertz CT molecular complexity index is 353. The first-order chi connectivity index (χ1) is 10.2. The van der Waals surface area contributed by atoms with Gasteiger partial charge in [0, 0.05) is 26.1 Å². The van der Waals surface area contributed by atoms with Gasteiger partial charge in [-0.25, -0.2) is 0 Å². The van der Waals surface area contributed by atoms with Gasteiger partial charge in [0.1, 0.15) is 0 Å². The molecule has 0 aromatic carbocycles. The summed E-state index contributed by atoms with van der Waals surface area (Å²) in [5, 5.41) is 6.41. The summed E-state index contributed by atoms with van der Waals surface area (Å²) in [5.41, 5.74) is 0. The van der Waals surface area contributed by atoms with Gasteiger partial charge in [-0.15, -0.1) is 0 Å². The van der Waals surface area contributed by atoms with E-state index in [1.807, 2.05) is 11.8 Å². The molecule has 120 valence electrons. The van der Waals surface area contributed by atoms with Gasteiger partial charge in [-0.1, -0.05) is 6.92 Å². The van der Waals surface area contributed by atoms with E-state index in [-0.39, 0.29) is 17.7 Å². The summed E-state index contributed by atoms with van der Waals surface area (Å²) < 4.78 is 0. The zero-order chi connectivity index (χ0) is 15.1. The maximum Gasteiger partial charge on any atom is 0.224 e. The number of piperidine rings is 1. The van der Waals surface area contributed by atoms with E-state index in [9.17, 15) is 9.59 Å². The van der Waals surface area contributed by atoms with Gasteiger partial charge in [0.15, 0.2) is 0 Å². The highest BCUT2D eigenvalue weighted by Gasteiger charge is 2.27. The highest BCUT2D eigenvalue weighted by molar-refractivity contribution is 5.81. The van der Waals surface area contributed by atoms with Gasteiger partial charge in [0.2, 0.25) is 11.8 Å². The fraction of sp³-hybridized carbons (Fsp3) is 0.875. The molecule has 2 saturated heterocycles. The van der Waals surface area contributed by atoms with Gasteiger partial charge < -0.3 is 15.5 Å². The lowest BCUT2D eigenvalue weighted by molar-refractivity contribution is -0.135. The fourth-order valence-electron chi connectivity index (χ4n) is 3.29. The molecule has 0 radical (unpaired) electrons. The van der Waals surface area contributed by atoms with Crippen molar-refractivity contribution in [1.29, 1.82) is 0 Å². The Morgan fingerprint density at radius 2 is 2.19 bits per heavy atom. The van der Waals surface area contributed by atoms with Crippen LogP contribution in [0, 0.1) is 11.8 Å². The summed E-state index contributed by atoms with van der Waals surface area (Å²) in [5.74, 6) is 1.03. The summed E-state index contributed by atoms with van der Waals surface area (Å²) in [6, 6.07) is 0. The zero-order valence-corrected chi connectivity index (χ0v) is 13.2. The standard InChI is InChI=1S/C16H29N3O2/c1-2-4-15(20)19-10-3-5-14(12-19)16(21)18-9-7-13-6-8-17-11-13/h13-14,17H,2-12H2,1H3,(H,18,21). The molecule has 0 aromatic rings. The molecule has 2 heterocycles. The van der Waals surface area contributed by atoms with Gasteiger partial charge in [-0.2, -0.15) is 0 Å². The lowest BCUT2D eigenvalue weighted by Crippen LogP contribution is -2.45. The molecule has 2 rings (SSSR count). The number of amides is 2. The average molecular weight is 295 g/mol. The highest BCUT2D eigenvalue weighted by atomic mass is 16.2. The summed E-state index contributed by atoms with van der Waals surface area (Å²) in [4.78, 5) is 26.0. The van der Waals surface area contributed by atoms with Crippen LogP contribution in [-0.2, 0) is 9.59 Å². The van der Waals surface area contributed by atoms with Crippen molar-refractivity contribution in [3.63, 3.8) is 0 Å². The minimum Gasteiger partial charge on any atom is -0.356 e. The fourth-order valence-corrected chi connectivity index (χ4v) is 3.29. The Morgan fingerprint density at radius 3 is 2.90 bits per heavy atom. The first-order valence-electron chi connectivity index (χ1n) is 8.47. The molecule has 0 saturated carbocycles. The SMILES string of the molecule is CCCC(=O)N1CCCC(C(=O)NCCC2CCNC2)C1. The molecular weight excluding hydrogens is 266 g/mol. The number of nitrogens with zero attached hydrogens (tertiary/aromatic N) is 1. The van der Waals surface area contributed by atoms with Crippen molar-refractivity contribution in [3.05, 3.63) is 0 Å². The van der Waals surface area contributed by atoms with E-state index in [1.165, 1.54) is 6.42 Å². The molecule has 2 N–H and O–H groups in total. The van der Waals surface area contributed by atoms with Gasteiger partial charge in [0.25, 0.3) is 0 Å². The molecule has 5 heteroatoms. The second kappa shape index (κ2) is 8.37. The van der Waals surface area contributed by atoms with Crippen molar-refractivity contribution >= 4 is 11.8 Å². The van der Waals surface area contributed by atoms with Crippen LogP contribution < -0.4 is 10.6 Å². The van der Waals surface area contributed by atoms with Gasteiger partial charge in [0.05, 0.1) is 5.92 Å². The minimum atomic E-state index is -0.0127. The lowest BCUT2D eigenvalue weighted by atomic mass is 9.96. The molecule has 0 aromatic heterocycles. The van der Waals surface area contributed by atoms with Crippen LogP contribution in [0.4, 0.5) is 0 Å². The second-order valence-corrected chi connectivity index (χ2v) is 6.37. The van der Waals surface area contributed by atoms with Crippen LogP contribution in [0.25, 0.3) is 0 Å². The van der Waals surface area contributed by atoms with Crippen LogP contribution in [0.15, 0.2) is 0 Å². The number of hydrogen-bond donors (Lipinski definition) is 2. The molecule has 21 heavy (non-hydrogen) atoms. The van der Waals surface area contributed by atoms with Crippen molar-refractivity contribution in [2.45, 2.75) is 45.4 Å². The molecule has 2 unspecified atom stereocenters. The van der Waals surface area contributed by atoms with E-state index >= 15 is 0 Å².